The van der Waals surface area contributed by atoms with Crippen molar-refractivity contribution in [3.63, 3.8) is 0 Å². The van der Waals surface area contributed by atoms with Crippen molar-refractivity contribution in [2.24, 2.45) is 10.8 Å². The minimum absolute atomic E-state index is 0.157. The van der Waals surface area contributed by atoms with E-state index in [1.807, 2.05) is 24.6 Å². The zero-order valence-electron chi connectivity index (χ0n) is 14.7. The Morgan fingerprint density at radius 1 is 1.27 bits per heavy atom. The van der Waals surface area contributed by atoms with Crippen molar-refractivity contribution in [2.45, 2.75) is 44.2 Å². The summed E-state index contributed by atoms with van der Waals surface area (Å²) in [5, 5.41) is 16.4. The maximum atomic E-state index is 9.70. The molecule has 4 unspecified atom stereocenters. The second-order valence-electron chi connectivity index (χ2n) is 7.17. The lowest BCUT2D eigenvalue weighted by Gasteiger charge is -2.24. The van der Waals surface area contributed by atoms with Crippen LogP contribution in [0.2, 0.25) is 0 Å². The molecule has 0 aliphatic carbocycles. The Morgan fingerprint density at radius 2 is 2.04 bits per heavy atom. The molecule has 0 bridgehead atoms. The van der Waals surface area contributed by atoms with Gasteiger partial charge in [0.25, 0.3) is 0 Å². The van der Waals surface area contributed by atoms with Crippen molar-refractivity contribution in [2.75, 3.05) is 18.7 Å². The molecule has 2 aromatic rings. The molecule has 2 saturated heterocycles. The van der Waals surface area contributed by atoms with Crippen LogP contribution in [0.4, 0.5) is 5.82 Å². The first kappa shape index (κ1) is 15.9. The van der Waals surface area contributed by atoms with Gasteiger partial charge in [-0.3, -0.25) is 0 Å². The third kappa shape index (κ3) is 2.04. The van der Waals surface area contributed by atoms with Crippen molar-refractivity contribution in [3.8, 4) is 0 Å². The van der Waals surface area contributed by atoms with Gasteiger partial charge in [-0.15, -0.1) is 0 Å². The molecule has 10 heteroatoms. The van der Waals surface area contributed by atoms with Crippen LogP contribution in [0.3, 0.4) is 0 Å². The molecule has 3 aliphatic rings. The highest BCUT2D eigenvalue weighted by molar-refractivity contribution is 6.13. The van der Waals surface area contributed by atoms with Gasteiger partial charge < -0.3 is 29.6 Å². The normalized spacial score (nSPS) is 32.2. The summed E-state index contributed by atoms with van der Waals surface area (Å²) in [6.07, 6.45) is 1.62. The molecule has 4 atom stereocenters. The van der Waals surface area contributed by atoms with Crippen LogP contribution in [0.25, 0.3) is 11.0 Å². The van der Waals surface area contributed by atoms with Gasteiger partial charge in [0.1, 0.15) is 30.3 Å². The third-order valence-electron chi connectivity index (χ3n) is 5.01. The zero-order valence-corrected chi connectivity index (χ0v) is 14.7. The molecular formula is C16H20N6O4. The molecule has 5 heterocycles. The van der Waals surface area contributed by atoms with E-state index in [1.54, 1.807) is 12.1 Å². The van der Waals surface area contributed by atoms with Gasteiger partial charge in [0.15, 0.2) is 23.7 Å². The number of fused-ring (bicyclic) bond motifs is 1. The van der Waals surface area contributed by atoms with E-state index in [1.165, 1.54) is 6.33 Å². The summed E-state index contributed by atoms with van der Waals surface area (Å²) >= 11 is 0. The van der Waals surface area contributed by atoms with Crippen LogP contribution in [0, 0.1) is 0 Å². The summed E-state index contributed by atoms with van der Waals surface area (Å²) < 4.78 is 19.9. The average Bonchev–Trinajstić information content (AvgIpc) is 3.22. The van der Waals surface area contributed by atoms with E-state index in [2.05, 4.69) is 15.1 Å². The first-order chi connectivity index (χ1) is 12.4. The lowest BCUT2D eigenvalue weighted by molar-refractivity contribution is -0.199. The number of rotatable bonds is 2. The Morgan fingerprint density at radius 3 is 2.81 bits per heavy atom. The molecular weight excluding hydrogens is 340 g/mol. The molecule has 0 radical (unpaired) electrons. The summed E-state index contributed by atoms with van der Waals surface area (Å²) in [5.74, 6) is 0.316. The van der Waals surface area contributed by atoms with E-state index >= 15 is 0 Å². The number of amidine groups is 1. The fraction of sp³-hybridized carbons (Fsp3) is 0.562. The van der Waals surface area contributed by atoms with E-state index in [9.17, 15) is 5.11 Å². The molecule has 3 aliphatic heterocycles. The van der Waals surface area contributed by atoms with E-state index in [0.717, 1.165) is 10.9 Å². The van der Waals surface area contributed by atoms with Crippen LogP contribution in [0.5, 0.6) is 0 Å². The number of nitrogens with two attached hydrogens (primary N) is 1. The number of nitrogens with zero attached hydrogens (tertiary/aromatic N) is 5. The number of aliphatic hydroxyl groups excluding tert-OH is 1. The molecule has 3 N–H and O–H groups in total. The smallest absolute Gasteiger partial charge is 0.164 e. The van der Waals surface area contributed by atoms with Crippen molar-refractivity contribution in [1.29, 1.82) is 0 Å². The van der Waals surface area contributed by atoms with E-state index in [4.69, 9.17) is 19.9 Å². The maximum Gasteiger partial charge on any atom is 0.164 e. The molecule has 10 nitrogen and oxygen atoms in total. The number of anilines is 1. The van der Waals surface area contributed by atoms with Crippen LogP contribution >= 0.6 is 0 Å². The van der Waals surface area contributed by atoms with Crippen LogP contribution in [-0.2, 0) is 14.2 Å². The maximum absolute atomic E-state index is 9.70. The number of hydrogen-bond donors (Lipinski definition) is 2. The number of ether oxygens (including phenoxy) is 3. The minimum Gasteiger partial charge on any atom is -0.394 e. The molecule has 26 heavy (non-hydrogen) atoms. The Labute approximate surface area is 149 Å². The van der Waals surface area contributed by atoms with Crippen LogP contribution < -0.4 is 10.7 Å². The number of hydrogen-bond acceptors (Lipinski definition) is 9. The van der Waals surface area contributed by atoms with Gasteiger partial charge >= 0.3 is 0 Å². The van der Waals surface area contributed by atoms with Gasteiger partial charge in [-0.05, 0) is 13.8 Å². The van der Waals surface area contributed by atoms with Gasteiger partial charge in [-0.25, -0.2) is 15.0 Å². The summed E-state index contributed by atoms with van der Waals surface area (Å²) in [6.45, 7) is 3.55. The highest BCUT2D eigenvalue weighted by Crippen LogP contribution is 2.44. The quantitative estimate of drug-likeness (QED) is 0.762. The Bertz CT molecular complexity index is 925. The van der Waals surface area contributed by atoms with Crippen molar-refractivity contribution in [1.82, 2.24) is 14.5 Å². The summed E-state index contributed by atoms with van der Waals surface area (Å²) in [4.78, 5) is 8.75. The average molecular weight is 360 g/mol. The highest BCUT2D eigenvalue weighted by atomic mass is 16.8. The molecule has 138 valence electrons. The van der Waals surface area contributed by atoms with Gasteiger partial charge in [-0.1, -0.05) is 0 Å². The van der Waals surface area contributed by atoms with Crippen molar-refractivity contribution < 1.29 is 19.3 Å². The predicted molar refractivity (Wildman–Crippen MR) is 91.5 cm³/mol. The van der Waals surface area contributed by atoms with Crippen molar-refractivity contribution >= 4 is 22.7 Å². The monoisotopic (exact) mass is 360 g/mol. The second kappa shape index (κ2) is 5.13. The Hall–Kier alpha value is -2.27. The molecule has 2 aromatic heterocycles. The fourth-order valence-electron chi connectivity index (χ4n) is 4.00. The lowest BCUT2D eigenvalue weighted by Crippen LogP contribution is -2.31. The topological polar surface area (TPSA) is 120 Å². The van der Waals surface area contributed by atoms with E-state index in [-0.39, 0.29) is 18.8 Å². The van der Waals surface area contributed by atoms with E-state index < -0.39 is 18.1 Å². The van der Waals surface area contributed by atoms with Gasteiger partial charge in [0.2, 0.25) is 0 Å². The number of aliphatic hydroxyl groups is 1. The van der Waals surface area contributed by atoms with Crippen molar-refractivity contribution in [3.05, 3.63) is 18.1 Å². The molecule has 0 spiro atoms. The zero-order chi connectivity index (χ0) is 18.2. The van der Waals surface area contributed by atoms with Crippen LogP contribution in [0.1, 0.15) is 25.6 Å². The lowest BCUT2D eigenvalue weighted by atomic mass is 10.1. The standard InChI is InChI=1S/C16H20N6O4/c1-16(2)25-10-8(5-23)24-15(11(10)26-16)22-4-7-9-13(18-6-19-14(9)22)21(3)20-12(7)17/h4,6,8,10-11,15,23H,5H2,1-3H3,(H2,17,20). The molecule has 0 aromatic carbocycles. The molecule has 0 amide bonds. The van der Waals surface area contributed by atoms with Gasteiger partial charge in [0.05, 0.1) is 12.0 Å². The predicted octanol–water partition coefficient (Wildman–Crippen LogP) is -0.0888. The minimum atomic E-state index is -0.745. The molecule has 0 saturated carbocycles. The summed E-state index contributed by atoms with van der Waals surface area (Å²) in [6, 6.07) is 0. The second-order valence-corrected chi connectivity index (χ2v) is 7.17. The third-order valence-corrected chi connectivity index (χ3v) is 5.01. The van der Waals surface area contributed by atoms with Gasteiger partial charge in [0, 0.05) is 18.8 Å². The number of hydrazone groups is 1. The van der Waals surface area contributed by atoms with Crippen LogP contribution in [-0.4, -0.2) is 63.2 Å². The van der Waals surface area contributed by atoms with E-state index in [0.29, 0.717) is 17.3 Å². The first-order valence-corrected chi connectivity index (χ1v) is 8.45. The fourth-order valence-corrected chi connectivity index (χ4v) is 4.00. The SMILES string of the molecule is CN1N=C(N)c2cn(C3OC(CO)C4OC(C)(C)OC43)c3ncnc1c23. The highest BCUT2D eigenvalue weighted by Gasteiger charge is 2.56. The Balaban J connectivity index is 1.66. The largest absolute Gasteiger partial charge is 0.394 e. The summed E-state index contributed by atoms with van der Waals surface area (Å²) in [7, 11) is 1.79. The molecule has 2 fully saturated rings. The first-order valence-electron chi connectivity index (χ1n) is 8.45. The van der Waals surface area contributed by atoms with Crippen LogP contribution in [0.15, 0.2) is 17.6 Å². The summed E-state index contributed by atoms with van der Waals surface area (Å²) in [5.41, 5.74) is 7.53. The molecule has 5 rings (SSSR count). The van der Waals surface area contributed by atoms with Gasteiger partial charge in [-0.2, -0.15) is 5.10 Å². The Kier molecular flexibility index (Phi) is 3.15. The number of aromatic nitrogens is 3.